The largest absolute Gasteiger partial charge is 0.122 e. The van der Waals surface area contributed by atoms with Gasteiger partial charge in [0, 0.05) is 0 Å². The molecule has 1 rings (SSSR count). The zero-order chi connectivity index (χ0) is 9.52. The van der Waals surface area contributed by atoms with Crippen LogP contribution in [0.4, 0.5) is 0 Å². The monoisotopic (exact) mass is 228 g/mol. The molecule has 0 fully saturated rings. The van der Waals surface area contributed by atoms with Gasteiger partial charge in [0.15, 0.2) is 0 Å². The first-order valence-electron chi connectivity index (χ1n) is 3.88. The Morgan fingerprint density at radius 2 is 1.85 bits per heavy atom. The maximum Gasteiger partial charge on any atom is 0.0513 e. The van der Waals surface area contributed by atoms with Gasteiger partial charge in [0.2, 0.25) is 0 Å². The average Bonchev–Trinajstić information content (AvgIpc) is 2.19. The topological polar surface area (TPSA) is 0 Å². The molecule has 0 aliphatic heterocycles. The average molecular weight is 228 g/mol. The van der Waals surface area contributed by atoms with Crippen molar-refractivity contribution in [3.8, 4) is 0 Å². The minimum Gasteiger partial charge on any atom is -0.122 e. The highest BCUT2D eigenvalue weighted by Crippen LogP contribution is 2.35. The molecule has 70 valence electrons. The van der Waals surface area contributed by atoms with E-state index in [1.54, 1.807) is 22.6 Å². The van der Waals surface area contributed by atoms with Crippen molar-refractivity contribution in [1.29, 1.82) is 0 Å². The van der Waals surface area contributed by atoms with Crippen LogP contribution in [0.1, 0.15) is 5.56 Å². The molecule has 0 aromatic heterocycles. The third kappa shape index (κ3) is 4.16. The first-order chi connectivity index (χ1) is 6.36. The molecule has 0 bridgehead atoms. The normalized spacial score (nSPS) is 11.7. The molecular weight excluding hydrogens is 216 g/mol. The first kappa shape index (κ1) is 11.1. The molecule has 0 nitrogen and oxygen atoms in total. The van der Waals surface area contributed by atoms with Crippen molar-refractivity contribution in [3.05, 3.63) is 40.1 Å². The van der Waals surface area contributed by atoms with E-state index in [-0.39, 0.29) is 0 Å². The highest BCUT2D eigenvalue weighted by atomic mass is 33.1. The van der Waals surface area contributed by atoms with E-state index in [0.29, 0.717) is 0 Å². The lowest BCUT2D eigenvalue weighted by atomic mass is 10.2. The van der Waals surface area contributed by atoms with Crippen LogP contribution in [0.2, 0.25) is 0 Å². The van der Waals surface area contributed by atoms with Gasteiger partial charge in [0.25, 0.3) is 0 Å². The van der Waals surface area contributed by atoms with Crippen molar-refractivity contribution in [1.82, 2.24) is 0 Å². The summed E-state index contributed by atoms with van der Waals surface area (Å²) >= 11 is 1.79. The van der Waals surface area contributed by atoms with Crippen LogP contribution in [0.5, 0.6) is 0 Å². The summed E-state index contributed by atoms with van der Waals surface area (Å²) in [4.78, 5) is 0. The Hall–Kier alpha value is 0.01000. The molecule has 0 aliphatic rings. The second-order valence-electron chi connectivity index (χ2n) is 2.33. The predicted molar refractivity (Wildman–Crippen MR) is 69.0 cm³/mol. The van der Waals surface area contributed by atoms with Gasteiger partial charge < -0.3 is 0 Å². The maximum atomic E-state index is 2.21. The summed E-state index contributed by atoms with van der Waals surface area (Å²) in [6.45, 7) is 0. The van der Waals surface area contributed by atoms with Crippen molar-refractivity contribution < 1.29 is 0 Å². The highest BCUT2D eigenvalue weighted by Gasteiger charge is 1.94. The molecule has 0 unspecified atom stereocenters. The molecule has 13 heavy (non-hydrogen) atoms. The van der Waals surface area contributed by atoms with Gasteiger partial charge in [-0.25, -0.2) is 0 Å². The molecule has 0 saturated heterocycles. The van der Waals surface area contributed by atoms with Gasteiger partial charge in [-0.2, -0.15) is 0 Å². The van der Waals surface area contributed by atoms with Crippen LogP contribution >= 0.6 is 33.3 Å². The molecule has 0 spiro atoms. The van der Waals surface area contributed by atoms with Crippen molar-refractivity contribution in [2.45, 2.75) is 0 Å². The number of thioether (sulfide) groups is 1. The summed E-state index contributed by atoms with van der Waals surface area (Å²) in [5, 5.41) is 0. The summed E-state index contributed by atoms with van der Waals surface area (Å²) in [5.74, 6) is 0. The van der Waals surface area contributed by atoms with E-state index in [2.05, 4.69) is 42.9 Å². The molecule has 0 radical (unpaired) electrons. The highest BCUT2D eigenvalue weighted by molar-refractivity contribution is 8.79. The first-order valence-corrected chi connectivity index (χ1v) is 7.66. The fourth-order valence-corrected chi connectivity index (χ4v) is 3.62. The van der Waals surface area contributed by atoms with Crippen LogP contribution in [0.3, 0.4) is 0 Å². The van der Waals surface area contributed by atoms with Gasteiger partial charge in [0.1, 0.15) is 0 Å². The summed E-state index contributed by atoms with van der Waals surface area (Å²) in [6, 6.07) is 10.4. The fraction of sp³-hybridized carbons (Fsp3) is 0.200. The predicted octanol–water partition coefficient (Wildman–Crippen LogP) is 4.36. The van der Waals surface area contributed by atoms with Crippen LogP contribution in [0.15, 0.2) is 34.6 Å². The third-order valence-electron chi connectivity index (χ3n) is 1.45. The Balaban J connectivity index is 2.73. The van der Waals surface area contributed by atoms with E-state index in [1.807, 2.05) is 16.9 Å². The Kier molecular flexibility index (Phi) is 5.51. The van der Waals surface area contributed by atoms with Crippen molar-refractivity contribution in [2.75, 3.05) is 12.5 Å². The van der Waals surface area contributed by atoms with E-state index in [1.165, 1.54) is 9.80 Å². The van der Waals surface area contributed by atoms with Gasteiger partial charge in [-0.3, -0.25) is 0 Å². The van der Waals surface area contributed by atoms with E-state index in [9.17, 15) is 0 Å². The number of hydrogen-bond acceptors (Lipinski definition) is 3. The second kappa shape index (κ2) is 6.46. The molecule has 0 N–H and O–H groups in total. The lowest BCUT2D eigenvalue weighted by Gasteiger charge is -2.00. The van der Waals surface area contributed by atoms with Crippen LogP contribution < -0.4 is 0 Å². The van der Waals surface area contributed by atoms with Gasteiger partial charge >= 0.3 is 0 Å². The summed E-state index contributed by atoms with van der Waals surface area (Å²) in [7, 11) is 3.59. The summed E-state index contributed by atoms with van der Waals surface area (Å²) in [5.41, 5.74) is 1.27. The Labute approximate surface area is 92.0 Å². The van der Waals surface area contributed by atoms with E-state index in [4.69, 9.17) is 0 Å². The zero-order valence-corrected chi connectivity index (χ0v) is 10.1. The Bertz CT molecular complexity index is 267. The molecule has 0 saturated carbocycles. The molecule has 0 heterocycles. The summed E-state index contributed by atoms with van der Waals surface area (Å²) in [6.07, 6.45) is 6.42. The minimum atomic E-state index is 1.27. The van der Waals surface area contributed by atoms with Crippen molar-refractivity contribution in [2.24, 2.45) is 0 Å². The number of benzene rings is 1. The van der Waals surface area contributed by atoms with Crippen LogP contribution in [0, 0.1) is 0 Å². The number of rotatable bonds is 4. The van der Waals surface area contributed by atoms with Gasteiger partial charge in [0.05, 0.1) is 4.24 Å². The Morgan fingerprint density at radius 3 is 2.38 bits per heavy atom. The Morgan fingerprint density at radius 1 is 1.15 bits per heavy atom. The van der Waals surface area contributed by atoms with Crippen molar-refractivity contribution in [3.63, 3.8) is 0 Å². The minimum absolute atomic E-state index is 1.27. The van der Waals surface area contributed by atoms with Gasteiger partial charge in [-0.1, -0.05) is 51.9 Å². The maximum absolute atomic E-state index is 2.21. The zero-order valence-electron chi connectivity index (χ0n) is 7.69. The number of hydrogen-bond donors (Lipinski definition) is 0. The van der Waals surface area contributed by atoms with Crippen LogP contribution in [-0.4, -0.2) is 12.5 Å². The SMILES string of the molecule is CSS/C(=C/c1ccccc1)SC. The molecule has 0 aliphatic carbocycles. The molecule has 0 amide bonds. The molecule has 0 atom stereocenters. The molecule has 1 aromatic rings. The van der Waals surface area contributed by atoms with Gasteiger partial charge in [-0.15, -0.1) is 11.8 Å². The molecule has 1 aromatic carbocycles. The smallest absolute Gasteiger partial charge is 0.0513 e. The van der Waals surface area contributed by atoms with E-state index >= 15 is 0 Å². The van der Waals surface area contributed by atoms with E-state index in [0.717, 1.165) is 0 Å². The molecule has 3 heteroatoms. The summed E-state index contributed by atoms with van der Waals surface area (Å²) < 4.78 is 1.35. The standard InChI is InChI=1S/C10H12S3/c1-11-10(13-12-2)8-9-6-4-3-5-7-9/h3-8H,1-2H3/b10-8+. The van der Waals surface area contributed by atoms with Crippen molar-refractivity contribution >= 4 is 39.4 Å². The lowest BCUT2D eigenvalue weighted by Crippen LogP contribution is -1.70. The second-order valence-corrected chi connectivity index (χ2v) is 5.87. The fourth-order valence-electron chi connectivity index (χ4n) is 0.884. The van der Waals surface area contributed by atoms with Crippen LogP contribution in [0.25, 0.3) is 6.08 Å². The van der Waals surface area contributed by atoms with Crippen LogP contribution in [-0.2, 0) is 0 Å². The van der Waals surface area contributed by atoms with Gasteiger partial charge in [-0.05, 0) is 24.2 Å². The quantitative estimate of drug-likeness (QED) is 0.703. The van der Waals surface area contributed by atoms with E-state index < -0.39 is 0 Å². The molecular formula is C10H12S3. The lowest BCUT2D eigenvalue weighted by molar-refractivity contribution is 1.66. The third-order valence-corrected chi connectivity index (χ3v) is 4.52.